The molecule has 716 valence electrons. The van der Waals surface area contributed by atoms with Crippen molar-refractivity contribution in [1.29, 1.82) is 0 Å². The van der Waals surface area contributed by atoms with Crippen molar-refractivity contribution < 1.29 is 18.9 Å². The van der Waals surface area contributed by atoms with Gasteiger partial charge in [0.1, 0.15) is 23.0 Å². The minimum absolute atomic E-state index is 0.270. The lowest BCUT2D eigenvalue weighted by atomic mass is 9.86. The molecule has 0 aliphatic heterocycles. The average molecular weight is 1870 g/mol. The summed E-state index contributed by atoms with van der Waals surface area (Å²) in [4.78, 5) is 131. The number of pyridine rings is 4. The predicted octanol–water partition coefficient (Wildman–Crippen LogP) is 30.4. The van der Waals surface area contributed by atoms with Crippen LogP contribution >= 0.6 is 0 Å². The maximum atomic E-state index is 16.4. The van der Waals surface area contributed by atoms with Gasteiger partial charge in [-0.3, -0.25) is 38.4 Å². The number of unbranched alkanes of at least 4 members (excludes halogenated alkanes) is 36. The van der Waals surface area contributed by atoms with Gasteiger partial charge in [0.2, 0.25) is 0 Å². The van der Waals surface area contributed by atoms with Crippen molar-refractivity contribution in [3.05, 3.63) is 253 Å². The maximum Gasteiger partial charge on any atom is 0.266 e. The van der Waals surface area contributed by atoms with Crippen molar-refractivity contribution in [2.45, 2.75) is 285 Å². The molecule has 16 heteroatoms. The third-order valence-corrected chi connectivity index (χ3v) is 31.3. The molecule has 0 spiro atoms. The monoisotopic (exact) mass is 1860 g/mol. The molecule has 0 aliphatic carbocycles. The van der Waals surface area contributed by atoms with Crippen LogP contribution in [0.15, 0.2) is 208 Å². The van der Waals surface area contributed by atoms with E-state index in [1.807, 2.05) is 97.1 Å². The van der Waals surface area contributed by atoms with Gasteiger partial charge in [0.15, 0.2) is 0 Å². The van der Waals surface area contributed by atoms with Gasteiger partial charge >= 0.3 is 0 Å². The van der Waals surface area contributed by atoms with Crippen LogP contribution < -0.4 is 63.4 Å². The van der Waals surface area contributed by atoms with Gasteiger partial charge in [0.05, 0.1) is 48.5 Å². The number of rotatable bonds is 48. The number of benzene rings is 16. The van der Waals surface area contributed by atoms with Crippen molar-refractivity contribution in [2.75, 3.05) is 26.4 Å². The minimum Gasteiger partial charge on any atom is -0.493 e. The number of ether oxygens (including phenoxy) is 4. The van der Waals surface area contributed by atoms with Crippen LogP contribution in [0.5, 0.6) is 23.0 Å². The molecule has 16 aromatic carbocycles. The molecule has 31 aromatic rings. The molecule has 15 heterocycles. The van der Waals surface area contributed by atoms with Gasteiger partial charge in [0.25, 0.3) is 44.5 Å². The van der Waals surface area contributed by atoms with E-state index < -0.39 is 44.5 Å². The lowest BCUT2D eigenvalue weighted by Crippen LogP contribution is -2.28. The number of nitrogens with zero attached hydrogens (tertiary/aromatic N) is 4. The lowest BCUT2D eigenvalue weighted by Gasteiger charge is -2.19. The summed E-state index contributed by atoms with van der Waals surface area (Å²) in [5.41, 5.74) is -3.38. The third kappa shape index (κ3) is 16.7. The first-order chi connectivity index (χ1) is 68.8. The summed E-state index contributed by atoms with van der Waals surface area (Å²) in [6.07, 6.45) is 45.9. The van der Waals surface area contributed by atoms with Gasteiger partial charge in [-0.25, -0.2) is 17.6 Å². The van der Waals surface area contributed by atoms with Gasteiger partial charge in [-0.2, -0.15) is 0 Å². The van der Waals surface area contributed by atoms with Crippen LogP contribution in [0, 0.1) is 0 Å². The second kappa shape index (κ2) is 41.0. The standard InChI is InChI=1S/C124H128N4O12/c1-5-9-13-17-21-25-29-33-37-41-69-137-105-65-61-101-93-73-94-98(75-97(93)105)106(138-70-42-38-34-30-26-22-18-14-10-6-2)66-62-102(94)126-119(131)87-55-47-81-83-51-59-91-116-92(60-52-84(112(83)116)82-48-56-88(120(126)132)114(87)110(81)82)124(136)128(123(91)135)104-64-68-108(140-72-44-40-36-32-28-24-20-16-12-8-4)100-76-99-95(74-96(100)104)103(63-67-107(99)139-71-43-39-35-31-27-23-19-15-11-7-3)127-121(133)89-57-49-79-77-45-53-85-113-86(118(130)125(101)117(85)129)54-46-78(109(77)113)80-50-58-90(122(127)134)115(89)111(79)80/h45-68,73-76H,5-44,69-72H2,1-4H3. The summed E-state index contributed by atoms with van der Waals surface area (Å²) in [5.74, 6) is 2.12. The van der Waals surface area contributed by atoms with Crippen molar-refractivity contribution in [2.24, 2.45) is 0 Å². The second-order valence-electron chi connectivity index (χ2n) is 40.4. The molecule has 0 saturated heterocycles. The van der Waals surface area contributed by atoms with Gasteiger partial charge in [-0.05, 0) is 212 Å². The minimum atomic E-state index is -0.557. The summed E-state index contributed by atoms with van der Waals surface area (Å²) >= 11 is 0. The molecular weight excluding hydrogens is 1740 g/mol. The number of hydrogen-bond acceptors (Lipinski definition) is 12. The molecule has 0 N–H and O–H groups in total. The molecule has 0 aliphatic rings. The fraction of sp³-hybridized carbons (Fsp3) is 0.387. The van der Waals surface area contributed by atoms with Crippen LogP contribution in [0.2, 0.25) is 0 Å². The zero-order valence-electron chi connectivity index (χ0n) is 82.0. The smallest absolute Gasteiger partial charge is 0.266 e. The van der Waals surface area contributed by atoms with Crippen molar-refractivity contribution >= 4 is 194 Å². The summed E-state index contributed by atoms with van der Waals surface area (Å²) in [6, 6.07) is 52.0. The largest absolute Gasteiger partial charge is 0.493 e. The highest BCUT2D eigenvalue weighted by molar-refractivity contribution is 6.41. The zero-order chi connectivity index (χ0) is 95.8. The van der Waals surface area contributed by atoms with E-state index in [9.17, 15) is 0 Å². The molecule has 0 atom stereocenters. The Kier molecular flexibility index (Phi) is 27.3. The first-order valence-corrected chi connectivity index (χ1v) is 53.4. The van der Waals surface area contributed by atoms with Crippen LogP contribution in [0.25, 0.3) is 194 Å². The molecule has 15 aromatic heterocycles. The SMILES string of the molecule is CCCCCCCCCCCCOc1ccc2c3cc4c(cc13)c(OCCCCCCCCCCCC)ccc4n1c(=O)c3ccc4c5ccc6c(=O)n(c(=O)c7ccc(c8ccc(c1=O)c3c48)c5c67)c1ccc(OCCCCCCCCCCCC)c3cc4c(OCCCCCCCCCCCC)ccc(c4cc31)n1c(=O)c3ccc4c5ccc6c(=O)n2c(=O)c2ccc(c7ccc(c1=O)c3c47)c5c62. The summed E-state index contributed by atoms with van der Waals surface area (Å²) in [7, 11) is 0. The van der Waals surface area contributed by atoms with Crippen LogP contribution in [-0.2, 0) is 0 Å². The summed E-state index contributed by atoms with van der Waals surface area (Å²) in [5, 5.41) is 17.0. The van der Waals surface area contributed by atoms with E-state index in [0.717, 1.165) is 146 Å². The van der Waals surface area contributed by atoms with Crippen LogP contribution in [0.3, 0.4) is 0 Å². The number of aromatic nitrogens is 4. The summed E-state index contributed by atoms with van der Waals surface area (Å²) < 4.78 is 32.8. The Morgan fingerprint density at radius 3 is 0.450 bits per heavy atom. The molecule has 140 heavy (non-hydrogen) atoms. The van der Waals surface area contributed by atoms with Crippen LogP contribution in [0.4, 0.5) is 0 Å². The topological polar surface area (TPSA) is 191 Å². The Bertz CT molecular complexity index is 7570. The summed E-state index contributed by atoms with van der Waals surface area (Å²) in [6.45, 7) is 10.6. The Morgan fingerprint density at radius 1 is 0.150 bits per heavy atom. The molecule has 0 amide bonds. The van der Waals surface area contributed by atoms with Gasteiger partial charge in [-0.15, -0.1) is 0 Å². The Balaban J connectivity index is 0.802. The lowest BCUT2D eigenvalue weighted by molar-refractivity contribution is 0.307. The molecule has 0 unspecified atom stereocenters. The van der Waals surface area contributed by atoms with Crippen LogP contribution in [-0.4, -0.2) is 44.0 Å². The first kappa shape index (κ1) is 93.2. The Morgan fingerprint density at radius 2 is 0.286 bits per heavy atom. The Hall–Kier alpha value is -13.1. The fourth-order valence-corrected chi connectivity index (χ4v) is 24.0. The normalized spacial score (nSPS) is 12.5. The van der Waals surface area contributed by atoms with Crippen LogP contribution in [0.1, 0.15) is 285 Å². The van der Waals surface area contributed by atoms with E-state index in [4.69, 9.17) is 18.9 Å². The highest BCUT2D eigenvalue weighted by atomic mass is 16.5. The fourth-order valence-electron chi connectivity index (χ4n) is 24.0. The molecule has 0 fully saturated rings. The molecule has 32 bridgehead atoms. The molecule has 16 nitrogen and oxygen atoms in total. The second-order valence-corrected chi connectivity index (χ2v) is 40.4. The zero-order valence-corrected chi connectivity index (χ0v) is 82.0. The molecular formula is C124H128N4O12. The van der Waals surface area contributed by atoms with E-state index in [1.54, 1.807) is 72.8 Å². The first-order valence-electron chi connectivity index (χ1n) is 53.4. The predicted molar refractivity (Wildman–Crippen MR) is 586 cm³/mol. The van der Waals surface area contributed by atoms with Crippen molar-refractivity contribution in [1.82, 2.24) is 17.6 Å². The average Bonchev–Trinajstić information content (AvgIpc) is 0.687. The van der Waals surface area contributed by atoms with Gasteiger partial charge in [0, 0.05) is 108 Å². The van der Waals surface area contributed by atoms with Gasteiger partial charge in [-0.1, -0.05) is 307 Å². The third-order valence-electron chi connectivity index (χ3n) is 31.3. The van der Waals surface area contributed by atoms with E-state index >= 15 is 38.4 Å². The highest BCUT2D eigenvalue weighted by Crippen LogP contribution is 2.49. The number of hydrogen-bond donors (Lipinski definition) is 0. The van der Waals surface area contributed by atoms with Crippen molar-refractivity contribution in [3.8, 4) is 23.0 Å². The van der Waals surface area contributed by atoms with E-state index in [-0.39, 0.29) is 22.1 Å². The van der Waals surface area contributed by atoms with E-state index in [1.165, 1.54) is 172 Å². The Labute approximate surface area is 812 Å². The maximum absolute atomic E-state index is 16.4. The molecule has 31 rings (SSSR count). The van der Waals surface area contributed by atoms with E-state index in [0.29, 0.717) is 179 Å². The van der Waals surface area contributed by atoms with Crippen molar-refractivity contribution in [3.63, 3.8) is 0 Å². The quantitative estimate of drug-likeness (QED) is 0.0199. The van der Waals surface area contributed by atoms with E-state index in [2.05, 4.69) is 27.7 Å². The molecule has 0 radical (unpaired) electrons. The van der Waals surface area contributed by atoms with Gasteiger partial charge < -0.3 is 18.9 Å². The molecule has 0 saturated carbocycles. The highest BCUT2D eigenvalue weighted by Gasteiger charge is 2.29.